The molecule has 14 heteroatoms. The Morgan fingerprint density at radius 2 is 1.79 bits per heavy atom. The Labute approximate surface area is 183 Å². The number of carbonyl (C=O) groups excluding carboxylic acids is 3. The molecular formula is C19H21F6N3O5. The standard InChI is InChI=1S/C19H21F6N3O5/c1-3-11-13(14(29)27-10-7-9(20)5-6-12(10)33-11)28-16(31)17(32,4-2)15(30)26-8-18(21,22)19(23,24)25/h5-7,11,13,32H,3-4,8H2,1-2H3,(H,26,30)(H,27,29)(H,28,31)/t11-,13+,17?/m1/s1. The molecule has 1 aliphatic heterocycles. The Morgan fingerprint density at radius 3 is 2.33 bits per heavy atom. The zero-order chi connectivity index (χ0) is 25.2. The molecule has 0 bridgehead atoms. The highest BCUT2D eigenvalue weighted by Crippen LogP contribution is 2.35. The number of hydrogen-bond acceptors (Lipinski definition) is 5. The van der Waals surface area contributed by atoms with Gasteiger partial charge in [-0.05, 0) is 25.0 Å². The van der Waals surface area contributed by atoms with Crippen LogP contribution in [0.25, 0.3) is 0 Å². The summed E-state index contributed by atoms with van der Waals surface area (Å²) in [5.74, 6) is -10.2. The molecule has 2 rings (SSSR count). The van der Waals surface area contributed by atoms with E-state index in [4.69, 9.17) is 4.74 Å². The van der Waals surface area contributed by atoms with Gasteiger partial charge in [0.2, 0.25) is 5.60 Å². The number of amides is 3. The molecule has 3 atom stereocenters. The first-order chi connectivity index (χ1) is 15.2. The van der Waals surface area contributed by atoms with Crippen molar-refractivity contribution in [2.24, 2.45) is 0 Å². The normalized spacial score (nSPS) is 20.5. The predicted molar refractivity (Wildman–Crippen MR) is 101 cm³/mol. The van der Waals surface area contributed by atoms with Gasteiger partial charge in [0.15, 0.2) is 0 Å². The van der Waals surface area contributed by atoms with Gasteiger partial charge in [0.05, 0.1) is 12.2 Å². The number of nitrogens with one attached hydrogen (secondary N) is 3. The minimum atomic E-state index is -5.97. The first-order valence-corrected chi connectivity index (χ1v) is 9.69. The van der Waals surface area contributed by atoms with Crippen LogP contribution in [0.15, 0.2) is 18.2 Å². The van der Waals surface area contributed by atoms with Gasteiger partial charge in [0.25, 0.3) is 17.7 Å². The number of hydrogen-bond donors (Lipinski definition) is 4. The van der Waals surface area contributed by atoms with Crippen LogP contribution in [0.4, 0.5) is 32.0 Å². The Morgan fingerprint density at radius 1 is 1.15 bits per heavy atom. The summed E-state index contributed by atoms with van der Waals surface area (Å²) in [7, 11) is 0. The van der Waals surface area contributed by atoms with Crippen LogP contribution in [0.5, 0.6) is 5.75 Å². The fourth-order valence-electron chi connectivity index (χ4n) is 2.91. The van der Waals surface area contributed by atoms with Crippen LogP contribution >= 0.6 is 0 Å². The summed E-state index contributed by atoms with van der Waals surface area (Å²) in [4.78, 5) is 37.4. The number of alkyl halides is 5. The summed E-state index contributed by atoms with van der Waals surface area (Å²) in [5, 5.41) is 16.0. The van der Waals surface area contributed by atoms with Crippen LogP contribution < -0.4 is 20.7 Å². The Bertz CT molecular complexity index is 926. The van der Waals surface area contributed by atoms with Crippen LogP contribution in [-0.4, -0.2) is 59.2 Å². The van der Waals surface area contributed by atoms with E-state index in [0.717, 1.165) is 19.1 Å². The summed E-state index contributed by atoms with van der Waals surface area (Å²) in [6.45, 7) is 0.459. The van der Waals surface area contributed by atoms with E-state index >= 15 is 0 Å². The molecule has 1 heterocycles. The molecule has 184 valence electrons. The zero-order valence-corrected chi connectivity index (χ0v) is 17.4. The highest BCUT2D eigenvalue weighted by Gasteiger charge is 2.58. The van der Waals surface area contributed by atoms with E-state index in [2.05, 4.69) is 10.6 Å². The van der Waals surface area contributed by atoms with Crippen LogP contribution in [0, 0.1) is 5.82 Å². The van der Waals surface area contributed by atoms with E-state index < -0.39 is 66.4 Å². The Kier molecular flexibility index (Phi) is 7.51. The van der Waals surface area contributed by atoms with Crippen molar-refractivity contribution in [2.45, 2.75) is 56.5 Å². The highest BCUT2D eigenvalue weighted by atomic mass is 19.4. The molecule has 0 spiro atoms. The number of aliphatic hydroxyl groups is 1. The second-order valence-corrected chi connectivity index (χ2v) is 7.24. The molecule has 1 aromatic carbocycles. The molecule has 0 aromatic heterocycles. The quantitative estimate of drug-likeness (QED) is 0.348. The molecule has 8 nitrogen and oxygen atoms in total. The molecule has 3 amide bonds. The van der Waals surface area contributed by atoms with Crippen molar-refractivity contribution in [3.05, 3.63) is 24.0 Å². The average molecular weight is 485 g/mol. The van der Waals surface area contributed by atoms with Gasteiger partial charge >= 0.3 is 12.1 Å². The van der Waals surface area contributed by atoms with Gasteiger partial charge in [0.1, 0.15) is 23.7 Å². The average Bonchev–Trinajstić information content (AvgIpc) is 2.86. The first-order valence-electron chi connectivity index (χ1n) is 9.69. The third kappa shape index (κ3) is 5.49. The van der Waals surface area contributed by atoms with Crippen molar-refractivity contribution >= 4 is 23.4 Å². The SMILES string of the molecule is CC[C@H]1Oc2ccc(F)cc2NC(=O)[C@H]1NC(=O)C(O)(CC)C(=O)NCC(F)(F)C(F)(F)F. The second kappa shape index (κ2) is 9.45. The maximum atomic E-state index is 13.5. The molecule has 0 radical (unpaired) electrons. The molecule has 33 heavy (non-hydrogen) atoms. The number of halogens is 6. The lowest BCUT2D eigenvalue weighted by atomic mass is 9.96. The predicted octanol–water partition coefficient (Wildman–Crippen LogP) is 1.87. The molecule has 0 aliphatic carbocycles. The number of benzene rings is 1. The van der Waals surface area contributed by atoms with Crippen molar-refractivity contribution in [1.82, 2.24) is 10.6 Å². The third-order valence-electron chi connectivity index (χ3n) is 4.97. The van der Waals surface area contributed by atoms with Crippen LogP contribution in [0.2, 0.25) is 0 Å². The summed E-state index contributed by atoms with van der Waals surface area (Å²) >= 11 is 0. The Hall–Kier alpha value is -3.03. The second-order valence-electron chi connectivity index (χ2n) is 7.24. The fourth-order valence-corrected chi connectivity index (χ4v) is 2.91. The highest BCUT2D eigenvalue weighted by molar-refractivity contribution is 6.10. The lowest BCUT2D eigenvalue weighted by Crippen LogP contribution is -2.63. The van der Waals surface area contributed by atoms with Gasteiger partial charge in [-0.2, -0.15) is 22.0 Å². The van der Waals surface area contributed by atoms with E-state index in [0.29, 0.717) is 0 Å². The number of anilines is 1. The minimum absolute atomic E-state index is 0.0481. The van der Waals surface area contributed by atoms with Gasteiger partial charge in [-0.3, -0.25) is 14.4 Å². The van der Waals surface area contributed by atoms with Crippen molar-refractivity contribution in [3.8, 4) is 5.75 Å². The summed E-state index contributed by atoms with van der Waals surface area (Å²) < 4.78 is 82.2. The molecule has 0 saturated carbocycles. The van der Waals surface area contributed by atoms with Gasteiger partial charge in [-0.15, -0.1) is 0 Å². The van der Waals surface area contributed by atoms with E-state index in [1.165, 1.54) is 11.4 Å². The van der Waals surface area contributed by atoms with Gasteiger partial charge in [0, 0.05) is 6.07 Å². The van der Waals surface area contributed by atoms with Crippen LogP contribution in [0.1, 0.15) is 26.7 Å². The molecule has 1 aromatic rings. The van der Waals surface area contributed by atoms with E-state index in [1.807, 2.05) is 0 Å². The van der Waals surface area contributed by atoms with Gasteiger partial charge in [-0.1, -0.05) is 13.8 Å². The molecule has 0 fully saturated rings. The van der Waals surface area contributed by atoms with E-state index in [-0.39, 0.29) is 17.9 Å². The minimum Gasteiger partial charge on any atom is -0.486 e. The first kappa shape index (κ1) is 26.2. The smallest absolute Gasteiger partial charge is 0.455 e. The third-order valence-corrected chi connectivity index (χ3v) is 4.97. The van der Waals surface area contributed by atoms with E-state index in [1.54, 1.807) is 6.92 Å². The number of carbonyl (C=O) groups is 3. The summed E-state index contributed by atoms with van der Waals surface area (Å²) in [6.07, 6.45) is -7.63. The molecule has 4 N–H and O–H groups in total. The topological polar surface area (TPSA) is 117 Å². The molecule has 1 unspecified atom stereocenters. The van der Waals surface area contributed by atoms with Crippen molar-refractivity contribution in [2.75, 3.05) is 11.9 Å². The summed E-state index contributed by atoms with van der Waals surface area (Å²) in [5.41, 5.74) is -3.13. The number of fused-ring (bicyclic) bond motifs is 1. The Balaban J connectivity index is 2.20. The van der Waals surface area contributed by atoms with Crippen molar-refractivity contribution in [3.63, 3.8) is 0 Å². The zero-order valence-electron chi connectivity index (χ0n) is 17.4. The fraction of sp³-hybridized carbons (Fsp3) is 0.526. The lowest BCUT2D eigenvalue weighted by molar-refractivity contribution is -0.278. The summed E-state index contributed by atoms with van der Waals surface area (Å²) in [6, 6.07) is 1.73. The molecule has 1 aliphatic rings. The maximum absolute atomic E-state index is 13.5. The molecular weight excluding hydrogens is 464 g/mol. The van der Waals surface area contributed by atoms with Crippen LogP contribution in [0.3, 0.4) is 0 Å². The van der Waals surface area contributed by atoms with Crippen molar-refractivity contribution < 1.29 is 50.6 Å². The van der Waals surface area contributed by atoms with Gasteiger partial charge < -0.3 is 25.8 Å². The monoisotopic (exact) mass is 485 g/mol. The molecule has 0 saturated heterocycles. The number of ether oxygens (including phenoxy) is 1. The number of rotatable bonds is 7. The van der Waals surface area contributed by atoms with Crippen molar-refractivity contribution in [1.29, 1.82) is 0 Å². The lowest BCUT2D eigenvalue weighted by Gasteiger charge is -2.30. The van der Waals surface area contributed by atoms with Gasteiger partial charge in [-0.25, -0.2) is 4.39 Å². The van der Waals surface area contributed by atoms with Crippen LogP contribution in [-0.2, 0) is 14.4 Å². The maximum Gasteiger partial charge on any atom is 0.455 e. The van der Waals surface area contributed by atoms with E-state index in [9.17, 15) is 45.8 Å². The largest absolute Gasteiger partial charge is 0.486 e.